The molecule has 0 fully saturated rings. The minimum absolute atomic E-state index is 0.0906. The Morgan fingerprint density at radius 2 is 1.65 bits per heavy atom. The van der Waals surface area contributed by atoms with Gasteiger partial charge in [-0.05, 0) is 29.8 Å². The zero-order chi connectivity index (χ0) is 23.3. The molecule has 0 saturated heterocycles. The third-order valence-electron chi connectivity index (χ3n) is 5.19. The summed E-state index contributed by atoms with van der Waals surface area (Å²) >= 11 is 1.55. The van der Waals surface area contributed by atoms with Gasteiger partial charge in [0.25, 0.3) is 5.91 Å². The molecule has 166 valence electrons. The number of hydrogen-bond donors (Lipinski definition) is 2. The molecule has 1 amide bonds. The molecule has 2 heterocycles. The predicted molar refractivity (Wildman–Crippen MR) is 132 cm³/mol. The van der Waals surface area contributed by atoms with Crippen molar-refractivity contribution in [1.29, 1.82) is 0 Å². The van der Waals surface area contributed by atoms with Gasteiger partial charge in [-0.3, -0.25) is 14.7 Å². The summed E-state index contributed by atoms with van der Waals surface area (Å²) in [6.45, 7) is 0. The average molecular weight is 466 g/mol. The summed E-state index contributed by atoms with van der Waals surface area (Å²) in [5.41, 5.74) is 3.90. The maximum absolute atomic E-state index is 12.9. The van der Waals surface area contributed by atoms with Crippen LogP contribution in [0, 0.1) is 0 Å². The number of carbonyl (C=O) groups is 2. The second-order valence-corrected chi connectivity index (χ2v) is 8.49. The molecule has 0 aliphatic carbocycles. The van der Waals surface area contributed by atoms with Crippen molar-refractivity contribution in [2.24, 2.45) is 0 Å². The summed E-state index contributed by atoms with van der Waals surface area (Å²) in [6, 6.07) is 23.5. The number of thioether (sulfide) groups is 1. The maximum atomic E-state index is 12.9. The maximum Gasteiger partial charge on any atom is 0.255 e. The van der Waals surface area contributed by atoms with E-state index in [2.05, 4.69) is 25.5 Å². The van der Waals surface area contributed by atoms with E-state index in [0.29, 0.717) is 33.8 Å². The molecule has 0 bridgehead atoms. The van der Waals surface area contributed by atoms with Crippen LogP contribution in [-0.4, -0.2) is 31.9 Å². The summed E-state index contributed by atoms with van der Waals surface area (Å²) in [4.78, 5) is 34.1. The molecule has 7 nitrogen and oxygen atoms in total. The number of carbonyl (C=O) groups excluding carboxylic acids is 2. The highest BCUT2D eigenvalue weighted by atomic mass is 32.2. The summed E-state index contributed by atoms with van der Waals surface area (Å²) in [6.07, 6.45) is 3.21. The summed E-state index contributed by atoms with van der Waals surface area (Å²) in [5, 5.41) is 11.4. The van der Waals surface area contributed by atoms with E-state index in [1.54, 1.807) is 60.4 Å². The third-order valence-corrected chi connectivity index (χ3v) is 6.27. The SMILES string of the molecule is O=C(Nc1cccc(C(=O)c2ccccc2)c1)c1cccc(CSc2ncnc3[nH]ncc23)c1. The van der Waals surface area contributed by atoms with Crippen molar-refractivity contribution >= 4 is 40.2 Å². The first-order valence-corrected chi connectivity index (χ1v) is 11.5. The topological polar surface area (TPSA) is 101 Å². The van der Waals surface area contributed by atoms with E-state index < -0.39 is 0 Å². The number of fused-ring (bicyclic) bond motifs is 1. The van der Waals surface area contributed by atoms with Gasteiger partial charge in [-0.2, -0.15) is 5.10 Å². The van der Waals surface area contributed by atoms with Crippen LogP contribution in [-0.2, 0) is 5.75 Å². The molecule has 3 aromatic carbocycles. The number of benzene rings is 3. The molecule has 2 N–H and O–H groups in total. The largest absolute Gasteiger partial charge is 0.322 e. The minimum atomic E-state index is -0.240. The molecule has 5 aromatic rings. The molecule has 8 heteroatoms. The van der Waals surface area contributed by atoms with E-state index in [-0.39, 0.29) is 11.7 Å². The zero-order valence-corrected chi connectivity index (χ0v) is 18.8. The lowest BCUT2D eigenvalue weighted by Gasteiger charge is -2.09. The number of amides is 1. The van der Waals surface area contributed by atoms with Gasteiger partial charge in [0, 0.05) is 28.1 Å². The van der Waals surface area contributed by atoms with Gasteiger partial charge in [0.1, 0.15) is 11.4 Å². The lowest BCUT2D eigenvalue weighted by Crippen LogP contribution is -2.12. The molecule has 5 rings (SSSR count). The van der Waals surface area contributed by atoms with Gasteiger partial charge >= 0.3 is 0 Å². The van der Waals surface area contributed by atoms with Crippen molar-refractivity contribution in [3.05, 3.63) is 114 Å². The van der Waals surface area contributed by atoms with Crippen molar-refractivity contribution in [3.63, 3.8) is 0 Å². The van der Waals surface area contributed by atoms with Gasteiger partial charge in [0.2, 0.25) is 0 Å². The number of aromatic nitrogens is 4. The van der Waals surface area contributed by atoms with Crippen LogP contribution in [0.15, 0.2) is 96.4 Å². The number of nitrogens with zero attached hydrogens (tertiary/aromatic N) is 3. The predicted octanol–water partition coefficient (Wildman–Crippen LogP) is 5.13. The van der Waals surface area contributed by atoms with E-state index in [1.807, 2.05) is 36.4 Å². The molecule has 0 aliphatic heterocycles. The van der Waals surface area contributed by atoms with E-state index in [1.165, 1.54) is 6.33 Å². The Bertz CT molecular complexity index is 1480. The van der Waals surface area contributed by atoms with Gasteiger partial charge in [-0.15, -0.1) is 11.8 Å². The number of H-pyrrole nitrogens is 1. The van der Waals surface area contributed by atoms with Crippen LogP contribution >= 0.6 is 11.8 Å². The highest BCUT2D eigenvalue weighted by Crippen LogP contribution is 2.26. The van der Waals surface area contributed by atoms with Crippen LogP contribution in [0.1, 0.15) is 31.8 Å². The summed E-state index contributed by atoms with van der Waals surface area (Å²) in [5.74, 6) is 0.307. The molecule has 0 aliphatic rings. The Hall–Kier alpha value is -4.30. The van der Waals surface area contributed by atoms with Gasteiger partial charge in [-0.1, -0.05) is 54.6 Å². The molecule has 0 saturated carbocycles. The fourth-order valence-electron chi connectivity index (χ4n) is 3.51. The number of hydrogen-bond acceptors (Lipinski definition) is 6. The van der Waals surface area contributed by atoms with Crippen LogP contribution in [0.5, 0.6) is 0 Å². The van der Waals surface area contributed by atoms with Crippen LogP contribution in [0.25, 0.3) is 11.0 Å². The van der Waals surface area contributed by atoms with Crippen molar-refractivity contribution in [2.75, 3.05) is 5.32 Å². The quantitative estimate of drug-likeness (QED) is 0.196. The second kappa shape index (κ2) is 9.68. The smallest absolute Gasteiger partial charge is 0.255 e. The monoisotopic (exact) mass is 465 g/mol. The molecule has 2 aromatic heterocycles. The van der Waals surface area contributed by atoms with Crippen LogP contribution in [0.4, 0.5) is 5.69 Å². The van der Waals surface area contributed by atoms with Gasteiger partial charge < -0.3 is 5.32 Å². The number of anilines is 1. The van der Waals surface area contributed by atoms with Crippen molar-refractivity contribution in [2.45, 2.75) is 10.8 Å². The van der Waals surface area contributed by atoms with Crippen molar-refractivity contribution in [3.8, 4) is 0 Å². The van der Waals surface area contributed by atoms with E-state index >= 15 is 0 Å². The number of rotatable bonds is 7. The van der Waals surface area contributed by atoms with Gasteiger partial charge in [0.15, 0.2) is 11.4 Å². The fraction of sp³-hybridized carbons (Fsp3) is 0.0385. The van der Waals surface area contributed by atoms with Crippen LogP contribution < -0.4 is 5.32 Å². The Labute approximate surface area is 199 Å². The average Bonchev–Trinajstić information content (AvgIpc) is 3.37. The summed E-state index contributed by atoms with van der Waals surface area (Å²) < 4.78 is 0. The Kier molecular flexibility index (Phi) is 6.13. The van der Waals surface area contributed by atoms with E-state index in [4.69, 9.17) is 0 Å². The number of nitrogens with one attached hydrogen (secondary N) is 2. The normalized spacial score (nSPS) is 10.8. The number of aromatic amines is 1. The van der Waals surface area contributed by atoms with Crippen molar-refractivity contribution < 1.29 is 9.59 Å². The summed E-state index contributed by atoms with van der Waals surface area (Å²) in [7, 11) is 0. The van der Waals surface area contributed by atoms with Crippen molar-refractivity contribution in [1.82, 2.24) is 20.2 Å². The fourth-order valence-corrected chi connectivity index (χ4v) is 4.42. The first-order valence-electron chi connectivity index (χ1n) is 10.5. The Morgan fingerprint density at radius 3 is 2.53 bits per heavy atom. The Morgan fingerprint density at radius 1 is 0.853 bits per heavy atom. The lowest BCUT2D eigenvalue weighted by atomic mass is 10.0. The van der Waals surface area contributed by atoms with Crippen LogP contribution in [0.3, 0.4) is 0 Å². The minimum Gasteiger partial charge on any atom is -0.322 e. The second-order valence-electron chi connectivity index (χ2n) is 7.53. The third kappa shape index (κ3) is 4.72. The molecular weight excluding hydrogens is 446 g/mol. The highest BCUT2D eigenvalue weighted by Gasteiger charge is 2.12. The van der Waals surface area contributed by atoms with Gasteiger partial charge in [0.05, 0.1) is 11.6 Å². The molecular formula is C26H19N5O2S. The van der Waals surface area contributed by atoms with E-state index in [9.17, 15) is 9.59 Å². The lowest BCUT2D eigenvalue weighted by molar-refractivity contribution is 0.102. The molecule has 0 unspecified atom stereocenters. The molecule has 0 atom stereocenters. The standard InChI is InChI=1S/C26H19N5O2S/c32-23(18-7-2-1-3-8-18)19-9-5-11-21(13-19)30-25(33)20-10-4-6-17(12-20)15-34-26-22-14-29-31-24(22)27-16-28-26/h1-14,16H,15H2,(H,30,33)(H,27,28,29,31). The molecule has 0 radical (unpaired) electrons. The van der Waals surface area contributed by atoms with Gasteiger partial charge in [-0.25, -0.2) is 9.97 Å². The van der Waals surface area contributed by atoms with Crippen LogP contribution in [0.2, 0.25) is 0 Å². The number of ketones is 1. The zero-order valence-electron chi connectivity index (χ0n) is 17.9. The Balaban J connectivity index is 1.28. The highest BCUT2D eigenvalue weighted by molar-refractivity contribution is 7.98. The first-order chi connectivity index (χ1) is 16.7. The first kappa shape index (κ1) is 21.5. The van der Waals surface area contributed by atoms with E-state index in [0.717, 1.165) is 16.0 Å². The molecule has 34 heavy (non-hydrogen) atoms. The molecule has 0 spiro atoms.